The molecule has 0 bridgehead atoms. The van der Waals surface area contributed by atoms with Crippen molar-refractivity contribution in [3.8, 4) is 0 Å². The molecule has 0 aliphatic rings. The van der Waals surface area contributed by atoms with Crippen molar-refractivity contribution in [3.63, 3.8) is 0 Å². The Kier molecular flexibility index (Phi) is 3.21. The predicted molar refractivity (Wildman–Crippen MR) is 82.5 cm³/mol. The fourth-order valence-corrected chi connectivity index (χ4v) is 2.18. The zero-order chi connectivity index (χ0) is 13.9. The highest BCUT2D eigenvalue weighted by Gasteiger charge is 2.06. The number of nitrogens with zero attached hydrogens (tertiary/aromatic N) is 3. The third kappa shape index (κ3) is 2.54. The van der Waals surface area contributed by atoms with Crippen LogP contribution in [0.5, 0.6) is 0 Å². The van der Waals surface area contributed by atoms with Gasteiger partial charge >= 0.3 is 0 Å². The zero-order valence-corrected chi connectivity index (χ0v) is 11.3. The topological polar surface area (TPSA) is 55.0 Å². The number of aromatic nitrogens is 2. The van der Waals surface area contributed by atoms with Crippen molar-refractivity contribution in [2.24, 2.45) is 0 Å². The first-order valence-electron chi connectivity index (χ1n) is 6.50. The number of hydrogen-bond acceptors (Lipinski definition) is 4. The monoisotopic (exact) mass is 264 g/mol. The predicted octanol–water partition coefficient (Wildman–Crippen LogP) is 2.85. The molecule has 4 nitrogen and oxygen atoms in total. The van der Waals surface area contributed by atoms with Crippen LogP contribution in [0.2, 0.25) is 0 Å². The van der Waals surface area contributed by atoms with Gasteiger partial charge in [-0.15, -0.1) is 0 Å². The fraction of sp³-hybridized carbons (Fsp3) is 0.125. The zero-order valence-electron chi connectivity index (χ0n) is 11.3. The van der Waals surface area contributed by atoms with E-state index in [-0.39, 0.29) is 0 Å². The molecule has 0 aliphatic carbocycles. The van der Waals surface area contributed by atoms with E-state index >= 15 is 0 Å². The number of nitrogen functional groups attached to an aromatic ring is 1. The van der Waals surface area contributed by atoms with Gasteiger partial charge in [0.1, 0.15) is 0 Å². The number of hydrogen-bond donors (Lipinski definition) is 1. The molecule has 0 saturated heterocycles. The van der Waals surface area contributed by atoms with Crippen LogP contribution in [0.15, 0.2) is 54.7 Å². The second kappa shape index (κ2) is 5.17. The molecule has 0 atom stereocenters. The van der Waals surface area contributed by atoms with Gasteiger partial charge in [-0.3, -0.25) is 0 Å². The van der Waals surface area contributed by atoms with Gasteiger partial charge in [0.05, 0.1) is 5.52 Å². The molecule has 0 amide bonds. The molecule has 0 fully saturated rings. The van der Waals surface area contributed by atoms with Gasteiger partial charge in [0.25, 0.3) is 0 Å². The lowest BCUT2D eigenvalue weighted by Gasteiger charge is -2.17. The molecule has 4 heteroatoms. The molecule has 20 heavy (non-hydrogen) atoms. The van der Waals surface area contributed by atoms with E-state index in [1.54, 1.807) is 0 Å². The van der Waals surface area contributed by atoms with Crippen LogP contribution in [0.3, 0.4) is 0 Å². The SMILES string of the molecule is CN(Cc1cccc(N)c1)c1ncc2ccccc2n1. The molecular formula is C16H16N4. The molecule has 2 aromatic carbocycles. The number of rotatable bonds is 3. The minimum atomic E-state index is 0.714. The van der Waals surface area contributed by atoms with Crippen LogP contribution in [0, 0.1) is 0 Å². The highest BCUT2D eigenvalue weighted by molar-refractivity contribution is 5.78. The standard InChI is InChI=1S/C16H16N4/c1-20(11-12-5-4-7-14(17)9-12)16-18-10-13-6-2-3-8-15(13)19-16/h2-10H,11,17H2,1H3. The summed E-state index contributed by atoms with van der Waals surface area (Å²) < 4.78 is 0. The van der Waals surface area contributed by atoms with E-state index in [1.807, 2.05) is 66.7 Å². The van der Waals surface area contributed by atoms with Crippen LogP contribution in [-0.2, 0) is 6.54 Å². The minimum Gasteiger partial charge on any atom is -0.399 e. The first-order valence-corrected chi connectivity index (χ1v) is 6.50. The van der Waals surface area contributed by atoms with Gasteiger partial charge in [-0.25, -0.2) is 9.97 Å². The number of benzene rings is 2. The van der Waals surface area contributed by atoms with Crippen LogP contribution >= 0.6 is 0 Å². The molecule has 1 heterocycles. The highest BCUT2D eigenvalue weighted by Crippen LogP contribution is 2.16. The van der Waals surface area contributed by atoms with Crippen molar-refractivity contribution >= 4 is 22.5 Å². The smallest absolute Gasteiger partial charge is 0.225 e. The van der Waals surface area contributed by atoms with Crippen LogP contribution < -0.4 is 10.6 Å². The molecule has 3 aromatic rings. The third-order valence-electron chi connectivity index (χ3n) is 3.19. The average Bonchev–Trinajstić information content (AvgIpc) is 2.47. The van der Waals surface area contributed by atoms with Crippen molar-refractivity contribution in [3.05, 3.63) is 60.3 Å². The lowest BCUT2D eigenvalue weighted by molar-refractivity contribution is 0.874. The minimum absolute atomic E-state index is 0.714. The van der Waals surface area contributed by atoms with Crippen LogP contribution in [-0.4, -0.2) is 17.0 Å². The second-order valence-corrected chi connectivity index (χ2v) is 4.83. The fourth-order valence-electron chi connectivity index (χ4n) is 2.18. The van der Waals surface area contributed by atoms with E-state index in [2.05, 4.69) is 9.97 Å². The molecule has 0 saturated carbocycles. The summed E-state index contributed by atoms with van der Waals surface area (Å²) in [6.07, 6.45) is 1.85. The van der Waals surface area contributed by atoms with Gasteiger partial charge in [-0.05, 0) is 23.8 Å². The van der Waals surface area contributed by atoms with Crippen molar-refractivity contribution in [2.75, 3.05) is 17.7 Å². The highest BCUT2D eigenvalue weighted by atomic mass is 15.2. The summed E-state index contributed by atoms with van der Waals surface area (Å²) in [6, 6.07) is 15.8. The molecule has 0 radical (unpaired) electrons. The molecule has 0 aliphatic heterocycles. The first-order chi connectivity index (χ1) is 9.72. The molecule has 3 rings (SSSR count). The summed E-state index contributed by atoms with van der Waals surface area (Å²) in [7, 11) is 1.98. The van der Waals surface area contributed by atoms with Crippen LogP contribution in [0.25, 0.3) is 10.9 Å². The Morgan fingerprint density at radius 2 is 1.95 bits per heavy atom. The molecule has 0 spiro atoms. The summed E-state index contributed by atoms with van der Waals surface area (Å²) in [4.78, 5) is 11.0. The van der Waals surface area contributed by atoms with Gasteiger partial charge < -0.3 is 10.6 Å². The lowest BCUT2D eigenvalue weighted by atomic mass is 10.2. The average molecular weight is 264 g/mol. The van der Waals surface area contributed by atoms with Gasteiger partial charge in [0.2, 0.25) is 5.95 Å². The second-order valence-electron chi connectivity index (χ2n) is 4.83. The molecule has 0 unspecified atom stereocenters. The Morgan fingerprint density at radius 1 is 1.10 bits per heavy atom. The van der Waals surface area contributed by atoms with Gasteiger partial charge in [-0.1, -0.05) is 30.3 Å². The summed E-state index contributed by atoms with van der Waals surface area (Å²) in [6.45, 7) is 0.726. The van der Waals surface area contributed by atoms with E-state index in [0.29, 0.717) is 5.95 Å². The van der Waals surface area contributed by atoms with Crippen LogP contribution in [0.4, 0.5) is 11.6 Å². The van der Waals surface area contributed by atoms with Gasteiger partial charge in [0, 0.05) is 30.9 Å². The van der Waals surface area contributed by atoms with E-state index in [9.17, 15) is 0 Å². The largest absolute Gasteiger partial charge is 0.399 e. The molecular weight excluding hydrogens is 248 g/mol. The van der Waals surface area contributed by atoms with Crippen molar-refractivity contribution in [2.45, 2.75) is 6.54 Å². The third-order valence-corrected chi connectivity index (χ3v) is 3.19. The van der Waals surface area contributed by atoms with E-state index < -0.39 is 0 Å². The number of fused-ring (bicyclic) bond motifs is 1. The van der Waals surface area contributed by atoms with E-state index in [4.69, 9.17) is 5.73 Å². The Labute approximate surface area is 117 Å². The molecule has 100 valence electrons. The molecule has 1 aromatic heterocycles. The number of anilines is 2. The first kappa shape index (κ1) is 12.4. The van der Waals surface area contributed by atoms with Gasteiger partial charge in [-0.2, -0.15) is 0 Å². The lowest BCUT2D eigenvalue weighted by Crippen LogP contribution is -2.19. The maximum absolute atomic E-state index is 5.80. The van der Waals surface area contributed by atoms with Crippen molar-refractivity contribution in [1.82, 2.24) is 9.97 Å². The maximum Gasteiger partial charge on any atom is 0.225 e. The summed E-state index contributed by atoms with van der Waals surface area (Å²) in [5.41, 5.74) is 8.67. The normalized spacial score (nSPS) is 10.7. The number of para-hydroxylation sites is 1. The summed E-state index contributed by atoms with van der Waals surface area (Å²) in [5.74, 6) is 0.714. The van der Waals surface area contributed by atoms with Crippen molar-refractivity contribution in [1.29, 1.82) is 0 Å². The molecule has 2 N–H and O–H groups in total. The van der Waals surface area contributed by atoms with Crippen LogP contribution in [0.1, 0.15) is 5.56 Å². The van der Waals surface area contributed by atoms with Crippen molar-refractivity contribution < 1.29 is 0 Å². The maximum atomic E-state index is 5.80. The van der Waals surface area contributed by atoms with Gasteiger partial charge in [0.15, 0.2) is 0 Å². The summed E-state index contributed by atoms with van der Waals surface area (Å²) >= 11 is 0. The van der Waals surface area contributed by atoms with E-state index in [1.165, 1.54) is 0 Å². The Morgan fingerprint density at radius 3 is 2.80 bits per heavy atom. The summed E-state index contributed by atoms with van der Waals surface area (Å²) in [5, 5.41) is 1.05. The Balaban J connectivity index is 1.86. The quantitative estimate of drug-likeness (QED) is 0.739. The van der Waals surface area contributed by atoms with E-state index in [0.717, 1.165) is 28.7 Å². The Bertz CT molecular complexity index is 739. The Hall–Kier alpha value is -2.62. The number of nitrogens with two attached hydrogens (primary N) is 1.